The molecule has 1 N–H and O–H groups in total. The molecule has 4 rings (SSSR count). The number of rotatable bonds is 3. The Balaban J connectivity index is 0.000000170. The summed E-state index contributed by atoms with van der Waals surface area (Å²) in [4.78, 5) is 21.1. The summed E-state index contributed by atoms with van der Waals surface area (Å²) in [6.07, 6.45) is 1.03. The molecular formula is C23H18O3. The first kappa shape index (κ1) is 17.4. The first-order chi connectivity index (χ1) is 12.7. The standard InChI is InChI=1S/C15H10O.C8H8O2/c16-10-14-7-3-6-13-8-11-4-1-2-5-12(11)9-15(13)14;9-8(10)6-7-4-2-1-3-5-7/h1-10H;1-5H,6H2,(H,9,10). The molecular weight excluding hydrogens is 324 g/mol. The third kappa shape index (κ3) is 4.14. The van der Waals surface area contributed by atoms with Crippen molar-refractivity contribution >= 4 is 33.8 Å². The summed E-state index contributed by atoms with van der Waals surface area (Å²) in [6.45, 7) is 0. The minimum Gasteiger partial charge on any atom is -0.481 e. The van der Waals surface area contributed by atoms with E-state index in [1.807, 2.05) is 48.5 Å². The lowest BCUT2D eigenvalue weighted by molar-refractivity contribution is -0.136. The van der Waals surface area contributed by atoms with E-state index in [-0.39, 0.29) is 6.42 Å². The van der Waals surface area contributed by atoms with Gasteiger partial charge in [-0.05, 0) is 39.2 Å². The lowest BCUT2D eigenvalue weighted by Crippen LogP contribution is -1.98. The van der Waals surface area contributed by atoms with Crippen molar-refractivity contribution in [3.05, 3.63) is 96.1 Å². The van der Waals surface area contributed by atoms with Gasteiger partial charge >= 0.3 is 5.97 Å². The van der Waals surface area contributed by atoms with Crippen LogP contribution in [0.25, 0.3) is 21.5 Å². The van der Waals surface area contributed by atoms with E-state index in [0.717, 1.165) is 28.2 Å². The quantitative estimate of drug-likeness (QED) is 0.415. The van der Waals surface area contributed by atoms with Crippen LogP contribution in [0, 0.1) is 0 Å². The van der Waals surface area contributed by atoms with Crippen LogP contribution in [-0.2, 0) is 11.2 Å². The van der Waals surface area contributed by atoms with E-state index in [1.165, 1.54) is 10.8 Å². The predicted octanol–water partition coefficient (Wildman–Crippen LogP) is 5.12. The maximum Gasteiger partial charge on any atom is 0.307 e. The van der Waals surface area contributed by atoms with Gasteiger partial charge in [-0.3, -0.25) is 9.59 Å². The molecule has 0 aliphatic heterocycles. The molecule has 0 saturated heterocycles. The van der Waals surface area contributed by atoms with Crippen LogP contribution in [0.15, 0.2) is 84.9 Å². The number of aldehydes is 1. The second-order valence-electron chi connectivity index (χ2n) is 5.94. The number of carbonyl (C=O) groups excluding carboxylic acids is 1. The lowest BCUT2D eigenvalue weighted by Gasteiger charge is -2.03. The summed E-state index contributed by atoms with van der Waals surface area (Å²) in [5, 5.41) is 12.9. The molecule has 0 aromatic heterocycles. The third-order valence-electron chi connectivity index (χ3n) is 4.11. The van der Waals surface area contributed by atoms with Gasteiger partial charge in [-0.1, -0.05) is 72.8 Å². The average molecular weight is 342 g/mol. The molecule has 0 atom stereocenters. The molecule has 4 aromatic rings. The van der Waals surface area contributed by atoms with E-state index in [4.69, 9.17) is 5.11 Å². The van der Waals surface area contributed by atoms with Gasteiger partial charge in [-0.2, -0.15) is 0 Å². The van der Waals surface area contributed by atoms with Gasteiger partial charge in [0.05, 0.1) is 6.42 Å². The molecule has 0 saturated carbocycles. The average Bonchev–Trinajstić information content (AvgIpc) is 2.66. The minimum atomic E-state index is -0.786. The van der Waals surface area contributed by atoms with Crippen molar-refractivity contribution in [2.45, 2.75) is 6.42 Å². The van der Waals surface area contributed by atoms with Crippen molar-refractivity contribution in [1.82, 2.24) is 0 Å². The van der Waals surface area contributed by atoms with Crippen LogP contribution in [-0.4, -0.2) is 17.4 Å². The Morgan fingerprint density at radius 1 is 0.769 bits per heavy atom. The van der Waals surface area contributed by atoms with Crippen LogP contribution in [0.2, 0.25) is 0 Å². The molecule has 0 radical (unpaired) electrons. The van der Waals surface area contributed by atoms with Crippen molar-refractivity contribution in [2.75, 3.05) is 0 Å². The molecule has 0 aliphatic rings. The van der Waals surface area contributed by atoms with Crippen LogP contribution in [0.1, 0.15) is 15.9 Å². The Morgan fingerprint density at radius 2 is 1.38 bits per heavy atom. The number of carboxylic acids is 1. The molecule has 26 heavy (non-hydrogen) atoms. The third-order valence-corrected chi connectivity index (χ3v) is 4.11. The SMILES string of the molecule is O=C(O)Cc1ccccc1.O=Cc1cccc2cc3ccccc3cc12. The molecule has 3 nitrogen and oxygen atoms in total. The van der Waals surface area contributed by atoms with E-state index in [9.17, 15) is 9.59 Å². The second kappa shape index (κ2) is 8.08. The van der Waals surface area contributed by atoms with Gasteiger partial charge in [-0.15, -0.1) is 0 Å². The minimum absolute atomic E-state index is 0.112. The van der Waals surface area contributed by atoms with Crippen LogP contribution in [0.4, 0.5) is 0 Å². The molecule has 3 heteroatoms. The predicted molar refractivity (Wildman–Crippen MR) is 105 cm³/mol. The van der Waals surface area contributed by atoms with Crippen molar-refractivity contribution < 1.29 is 14.7 Å². The molecule has 0 amide bonds. The fourth-order valence-corrected chi connectivity index (χ4v) is 2.86. The molecule has 0 aliphatic carbocycles. The number of carbonyl (C=O) groups is 2. The molecule has 128 valence electrons. The van der Waals surface area contributed by atoms with Crippen LogP contribution < -0.4 is 0 Å². The van der Waals surface area contributed by atoms with Crippen LogP contribution in [0.5, 0.6) is 0 Å². The van der Waals surface area contributed by atoms with Crippen molar-refractivity contribution in [3.8, 4) is 0 Å². The number of carboxylic acid groups (broad SMARTS) is 1. The fraction of sp³-hybridized carbons (Fsp3) is 0.0435. The Kier molecular flexibility index (Phi) is 5.40. The summed E-state index contributed by atoms with van der Waals surface area (Å²) in [7, 11) is 0. The van der Waals surface area contributed by atoms with E-state index in [2.05, 4.69) is 24.3 Å². The van der Waals surface area contributed by atoms with Gasteiger partial charge in [0.25, 0.3) is 0 Å². The fourth-order valence-electron chi connectivity index (χ4n) is 2.86. The first-order valence-electron chi connectivity index (χ1n) is 8.30. The zero-order valence-electron chi connectivity index (χ0n) is 14.1. The van der Waals surface area contributed by atoms with Crippen molar-refractivity contribution in [2.24, 2.45) is 0 Å². The van der Waals surface area contributed by atoms with Gasteiger partial charge < -0.3 is 5.11 Å². The Labute approximate surface area is 151 Å². The van der Waals surface area contributed by atoms with Crippen molar-refractivity contribution in [3.63, 3.8) is 0 Å². The number of benzene rings is 4. The summed E-state index contributed by atoms with van der Waals surface area (Å²) >= 11 is 0. The van der Waals surface area contributed by atoms with E-state index >= 15 is 0 Å². The maximum absolute atomic E-state index is 11.0. The second-order valence-corrected chi connectivity index (χ2v) is 5.94. The smallest absolute Gasteiger partial charge is 0.307 e. The van der Waals surface area contributed by atoms with Gasteiger partial charge in [0.15, 0.2) is 6.29 Å². The zero-order valence-corrected chi connectivity index (χ0v) is 14.1. The first-order valence-corrected chi connectivity index (χ1v) is 8.30. The molecule has 0 bridgehead atoms. The van der Waals surface area contributed by atoms with E-state index in [1.54, 1.807) is 12.1 Å². The largest absolute Gasteiger partial charge is 0.481 e. The van der Waals surface area contributed by atoms with E-state index < -0.39 is 5.97 Å². The lowest BCUT2D eigenvalue weighted by atomic mass is 10.0. The van der Waals surface area contributed by atoms with Gasteiger partial charge in [0.2, 0.25) is 0 Å². The molecule has 0 spiro atoms. The molecule has 4 aromatic carbocycles. The zero-order chi connectivity index (χ0) is 18.4. The van der Waals surface area contributed by atoms with Crippen molar-refractivity contribution in [1.29, 1.82) is 0 Å². The Bertz CT molecular complexity index is 1050. The molecule has 0 fully saturated rings. The Hall–Kier alpha value is -3.46. The van der Waals surface area contributed by atoms with Gasteiger partial charge in [0, 0.05) is 5.56 Å². The number of aliphatic carboxylic acids is 1. The highest BCUT2D eigenvalue weighted by Crippen LogP contribution is 2.24. The summed E-state index contributed by atoms with van der Waals surface area (Å²) in [5.74, 6) is -0.786. The monoisotopic (exact) mass is 342 g/mol. The number of hydrogen-bond donors (Lipinski definition) is 1. The van der Waals surface area contributed by atoms with Gasteiger partial charge in [0.1, 0.15) is 0 Å². The summed E-state index contributed by atoms with van der Waals surface area (Å²) in [6, 6.07) is 27.3. The van der Waals surface area contributed by atoms with Crippen LogP contribution >= 0.6 is 0 Å². The van der Waals surface area contributed by atoms with Gasteiger partial charge in [-0.25, -0.2) is 0 Å². The number of fused-ring (bicyclic) bond motifs is 2. The molecule has 0 heterocycles. The number of hydrogen-bond acceptors (Lipinski definition) is 2. The highest BCUT2D eigenvalue weighted by Gasteiger charge is 2.01. The van der Waals surface area contributed by atoms with Crippen LogP contribution in [0.3, 0.4) is 0 Å². The molecule has 0 unspecified atom stereocenters. The highest BCUT2D eigenvalue weighted by atomic mass is 16.4. The highest BCUT2D eigenvalue weighted by molar-refractivity contribution is 6.05. The van der Waals surface area contributed by atoms with E-state index in [0.29, 0.717) is 0 Å². The Morgan fingerprint density at radius 3 is 2.04 bits per heavy atom. The summed E-state index contributed by atoms with van der Waals surface area (Å²) in [5.41, 5.74) is 1.60. The summed E-state index contributed by atoms with van der Waals surface area (Å²) < 4.78 is 0. The maximum atomic E-state index is 11.0. The normalized spacial score (nSPS) is 10.2. The topological polar surface area (TPSA) is 54.4 Å².